The van der Waals surface area contributed by atoms with Crippen molar-refractivity contribution in [3.8, 4) is 5.75 Å². The zero-order valence-corrected chi connectivity index (χ0v) is 10.7. The molecular formula is C16H17FO. The van der Waals surface area contributed by atoms with Crippen molar-refractivity contribution in [3.63, 3.8) is 0 Å². The molecule has 0 fully saturated rings. The number of hydrogen-bond donors (Lipinski definition) is 0. The maximum absolute atomic E-state index is 13.4. The Labute approximate surface area is 107 Å². The average Bonchev–Trinajstić information content (AvgIpc) is 2.37. The minimum Gasteiger partial charge on any atom is -0.489 e. The van der Waals surface area contributed by atoms with Gasteiger partial charge in [-0.1, -0.05) is 31.2 Å². The first-order chi connectivity index (χ1) is 8.69. The topological polar surface area (TPSA) is 9.23 Å². The molecule has 0 heterocycles. The van der Waals surface area contributed by atoms with E-state index in [1.807, 2.05) is 25.1 Å². The second-order valence-electron chi connectivity index (χ2n) is 4.39. The molecule has 0 aliphatic carbocycles. The number of aryl methyl sites for hydroxylation is 2. The van der Waals surface area contributed by atoms with Crippen LogP contribution in [0.4, 0.5) is 4.39 Å². The number of benzene rings is 2. The van der Waals surface area contributed by atoms with Gasteiger partial charge in [0, 0.05) is 5.56 Å². The van der Waals surface area contributed by atoms with Crippen LogP contribution in [-0.4, -0.2) is 0 Å². The predicted molar refractivity (Wildman–Crippen MR) is 71.3 cm³/mol. The standard InChI is InChI=1S/C16H17FO/c1-3-13-8-12(2)9-15(10-13)18-11-14-6-4-5-7-16(14)17/h4-10H,3,11H2,1-2H3. The van der Waals surface area contributed by atoms with Gasteiger partial charge in [-0.25, -0.2) is 4.39 Å². The fourth-order valence-corrected chi connectivity index (χ4v) is 1.89. The van der Waals surface area contributed by atoms with Crippen LogP contribution in [0.2, 0.25) is 0 Å². The van der Waals surface area contributed by atoms with E-state index >= 15 is 0 Å². The van der Waals surface area contributed by atoms with Crippen LogP contribution in [0.3, 0.4) is 0 Å². The summed E-state index contributed by atoms with van der Waals surface area (Å²) in [7, 11) is 0. The molecule has 0 amide bonds. The van der Waals surface area contributed by atoms with Crippen LogP contribution in [0.25, 0.3) is 0 Å². The van der Waals surface area contributed by atoms with E-state index in [0.29, 0.717) is 5.56 Å². The van der Waals surface area contributed by atoms with Crippen LogP contribution < -0.4 is 4.74 Å². The molecule has 0 aliphatic rings. The number of ether oxygens (including phenoxy) is 1. The van der Waals surface area contributed by atoms with Crippen LogP contribution in [0.1, 0.15) is 23.6 Å². The lowest BCUT2D eigenvalue weighted by Crippen LogP contribution is -1.99. The summed E-state index contributed by atoms with van der Waals surface area (Å²) in [5.41, 5.74) is 2.98. The number of rotatable bonds is 4. The molecule has 2 aromatic rings. The molecule has 0 radical (unpaired) electrons. The Balaban J connectivity index is 2.11. The molecule has 0 atom stereocenters. The second-order valence-corrected chi connectivity index (χ2v) is 4.39. The van der Waals surface area contributed by atoms with Crippen LogP contribution in [-0.2, 0) is 13.0 Å². The van der Waals surface area contributed by atoms with Crippen molar-refractivity contribution in [3.05, 3.63) is 65.0 Å². The highest BCUT2D eigenvalue weighted by atomic mass is 19.1. The average molecular weight is 244 g/mol. The Morgan fingerprint density at radius 3 is 2.61 bits per heavy atom. The summed E-state index contributed by atoms with van der Waals surface area (Å²) in [6, 6.07) is 12.8. The summed E-state index contributed by atoms with van der Waals surface area (Å²) < 4.78 is 19.1. The van der Waals surface area contributed by atoms with Gasteiger partial charge in [0.05, 0.1) is 0 Å². The second kappa shape index (κ2) is 5.67. The largest absolute Gasteiger partial charge is 0.489 e. The first-order valence-corrected chi connectivity index (χ1v) is 6.16. The summed E-state index contributed by atoms with van der Waals surface area (Å²) in [6.45, 7) is 4.41. The molecule has 0 bridgehead atoms. The van der Waals surface area contributed by atoms with E-state index in [9.17, 15) is 4.39 Å². The highest BCUT2D eigenvalue weighted by Gasteiger charge is 2.03. The minimum absolute atomic E-state index is 0.221. The summed E-state index contributed by atoms with van der Waals surface area (Å²) in [6.07, 6.45) is 0.970. The number of halogens is 1. The van der Waals surface area contributed by atoms with E-state index in [1.54, 1.807) is 12.1 Å². The summed E-state index contributed by atoms with van der Waals surface area (Å²) >= 11 is 0. The normalized spacial score (nSPS) is 10.4. The van der Waals surface area contributed by atoms with Gasteiger partial charge in [-0.2, -0.15) is 0 Å². The van der Waals surface area contributed by atoms with E-state index in [2.05, 4.69) is 13.0 Å². The van der Waals surface area contributed by atoms with Crippen molar-refractivity contribution >= 4 is 0 Å². The van der Waals surface area contributed by atoms with Crippen LogP contribution in [0.5, 0.6) is 5.75 Å². The van der Waals surface area contributed by atoms with Crippen molar-refractivity contribution in [2.75, 3.05) is 0 Å². The third kappa shape index (κ3) is 3.10. The molecular weight excluding hydrogens is 227 g/mol. The molecule has 0 spiro atoms. The van der Waals surface area contributed by atoms with Gasteiger partial charge >= 0.3 is 0 Å². The fourth-order valence-electron chi connectivity index (χ4n) is 1.89. The Hall–Kier alpha value is -1.83. The maximum atomic E-state index is 13.4. The Bertz CT molecular complexity index is 534. The molecule has 0 N–H and O–H groups in total. The van der Waals surface area contributed by atoms with Crippen molar-refractivity contribution in [1.82, 2.24) is 0 Å². The minimum atomic E-state index is -0.221. The lowest BCUT2D eigenvalue weighted by Gasteiger charge is -2.09. The molecule has 0 saturated carbocycles. The summed E-state index contributed by atoms with van der Waals surface area (Å²) in [4.78, 5) is 0. The predicted octanol–water partition coefficient (Wildman–Crippen LogP) is 4.28. The molecule has 18 heavy (non-hydrogen) atoms. The third-order valence-corrected chi connectivity index (χ3v) is 2.87. The Kier molecular flexibility index (Phi) is 3.98. The summed E-state index contributed by atoms with van der Waals surface area (Å²) in [5.74, 6) is 0.580. The van der Waals surface area contributed by atoms with E-state index in [1.165, 1.54) is 11.6 Å². The fraction of sp³-hybridized carbons (Fsp3) is 0.250. The zero-order chi connectivity index (χ0) is 13.0. The Morgan fingerprint density at radius 2 is 1.89 bits per heavy atom. The highest BCUT2D eigenvalue weighted by molar-refractivity contribution is 5.34. The zero-order valence-electron chi connectivity index (χ0n) is 10.7. The molecule has 0 aliphatic heterocycles. The van der Waals surface area contributed by atoms with Gasteiger partial charge in [-0.05, 0) is 42.7 Å². The van der Waals surface area contributed by atoms with E-state index < -0.39 is 0 Å². The van der Waals surface area contributed by atoms with Crippen LogP contribution >= 0.6 is 0 Å². The first kappa shape index (κ1) is 12.6. The van der Waals surface area contributed by atoms with Crippen molar-refractivity contribution in [2.45, 2.75) is 26.9 Å². The SMILES string of the molecule is CCc1cc(C)cc(OCc2ccccc2F)c1. The van der Waals surface area contributed by atoms with Crippen LogP contribution in [0, 0.1) is 12.7 Å². The van der Waals surface area contributed by atoms with Crippen LogP contribution in [0.15, 0.2) is 42.5 Å². The molecule has 94 valence electrons. The van der Waals surface area contributed by atoms with Gasteiger partial charge in [0.15, 0.2) is 0 Å². The van der Waals surface area contributed by atoms with E-state index in [0.717, 1.165) is 17.7 Å². The van der Waals surface area contributed by atoms with Crippen molar-refractivity contribution in [1.29, 1.82) is 0 Å². The first-order valence-electron chi connectivity index (χ1n) is 6.16. The van der Waals surface area contributed by atoms with Gasteiger partial charge in [0.2, 0.25) is 0 Å². The van der Waals surface area contributed by atoms with Gasteiger partial charge in [-0.3, -0.25) is 0 Å². The molecule has 0 aromatic heterocycles. The Morgan fingerprint density at radius 1 is 1.11 bits per heavy atom. The van der Waals surface area contributed by atoms with Gasteiger partial charge in [0.25, 0.3) is 0 Å². The third-order valence-electron chi connectivity index (χ3n) is 2.87. The molecule has 2 rings (SSSR count). The van der Waals surface area contributed by atoms with Crippen molar-refractivity contribution in [2.24, 2.45) is 0 Å². The van der Waals surface area contributed by atoms with Gasteiger partial charge < -0.3 is 4.74 Å². The van der Waals surface area contributed by atoms with Crippen molar-refractivity contribution < 1.29 is 9.13 Å². The van der Waals surface area contributed by atoms with Gasteiger partial charge in [-0.15, -0.1) is 0 Å². The molecule has 1 nitrogen and oxygen atoms in total. The highest BCUT2D eigenvalue weighted by Crippen LogP contribution is 2.19. The lowest BCUT2D eigenvalue weighted by molar-refractivity contribution is 0.299. The van der Waals surface area contributed by atoms with E-state index in [4.69, 9.17) is 4.74 Å². The maximum Gasteiger partial charge on any atom is 0.129 e. The monoisotopic (exact) mass is 244 g/mol. The smallest absolute Gasteiger partial charge is 0.129 e. The van der Waals surface area contributed by atoms with E-state index in [-0.39, 0.29) is 12.4 Å². The molecule has 0 saturated heterocycles. The van der Waals surface area contributed by atoms with Gasteiger partial charge in [0.1, 0.15) is 18.2 Å². The molecule has 0 unspecified atom stereocenters. The quantitative estimate of drug-likeness (QED) is 0.780. The molecule has 2 aromatic carbocycles. The lowest BCUT2D eigenvalue weighted by atomic mass is 10.1. The summed E-state index contributed by atoms with van der Waals surface area (Å²) in [5, 5.41) is 0. The number of hydrogen-bond acceptors (Lipinski definition) is 1. The molecule has 2 heteroatoms.